The predicted octanol–water partition coefficient (Wildman–Crippen LogP) is 5.93. The van der Waals surface area contributed by atoms with E-state index in [1.807, 2.05) is 68.4 Å². The molecule has 1 aromatic heterocycles. The summed E-state index contributed by atoms with van der Waals surface area (Å²) in [6, 6.07) is 23.4. The number of nitro groups is 1. The van der Waals surface area contributed by atoms with Crippen LogP contribution in [-0.2, 0) is 17.8 Å². The number of nitrogens with one attached hydrogen (secondary N) is 1. The second-order valence-electron chi connectivity index (χ2n) is 8.39. The van der Waals surface area contributed by atoms with Crippen molar-refractivity contribution in [2.24, 2.45) is 5.10 Å². The number of nitro benzene ring substituents is 1. The maximum Gasteiger partial charge on any atom is 0.273 e. The van der Waals surface area contributed by atoms with Crippen LogP contribution in [-0.4, -0.2) is 21.6 Å². The van der Waals surface area contributed by atoms with Gasteiger partial charge in [0.2, 0.25) is 5.91 Å². The fourth-order valence-corrected chi connectivity index (χ4v) is 4.20. The maximum absolute atomic E-state index is 12.3. The second-order valence-corrected chi connectivity index (χ2v) is 8.80. The van der Waals surface area contributed by atoms with Crippen LogP contribution in [0, 0.1) is 24.0 Å². The van der Waals surface area contributed by atoms with Crippen molar-refractivity contribution >= 4 is 29.4 Å². The Balaban J connectivity index is 1.40. The van der Waals surface area contributed by atoms with E-state index in [2.05, 4.69) is 15.1 Å². The normalized spacial score (nSPS) is 11.0. The number of halogens is 1. The highest BCUT2D eigenvalue weighted by atomic mass is 35.5. The summed E-state index contributed by atoms with van der Waals surface area (Å²) in [5.74, 6) is 0.293. The average molecular weight is 517 g/mol. The SMILES string of the molecule is Cc1cc(/C=N/NC(=O)Cc2ccccc2[N+](=O)[O-])c(C)n1-c1ccc(OCc2ccccc2Cl)cc1. The van der Waals surface area contributed by atoms with Gasteiger partial charge < -0.3 is 9.30 Å². The van der Waals surface area contributed by atoms with Gasteiger partial charge in [-0.05, 0) is 50.2 Å². The minimum absolute atomic E-state index is 0.0922. The molecule has 0 aliphatic carbocycles. The van der Waals surface area contributed by atoms with Gasteiger partial charge in [0.05, 0.1) is 17.6 Å². The highest BCUT2D eigenvalue weighted by molar-refractivity contribution is 6.31. The number of amides is 1. The lowest BCUT2D eigenvalue weighted by Gasteiger charge is -2.12. The number of rotatable bonds is 9. The Morgan fingerprint density at radius 1 is 1.05 bits per heavy atom. The first-order valence-corrected chi connectivity index (χ1v) is 11.9. The van der Waals surface area contributed by atoms with E-state index in [1.165, 1.54) is 6.07 Å². The van der Waals surface area contributed by atoms with Gasteiger partial charge in [0.1, 0.15) is 12.4 Å². The Labute approximate surface area is 219 Å². The molecule has 4 aromatic rings. The number of nitrogens with zero attached hydrogens (tertiary/aromatic N) is 3. The molecule has 0 saturated carbocycles. The molecule has 0 radical (unpaired) electrons. The largest absolute Gasteiger partial charge is 0.489 e. The fraction of sp³-hybridized carbons (Fsp3) is 0.143. The quantitative estimate of drug-likeness (QED) is 0.169. The molecular formula is C28H25ClN4O4. The van der Waals surface area contributed by atoms with Gasteiger partial charge in [0.15, 0.2) is 0 Å². The molecule has 9 heteroatoms. The fourth-order valence-electron chi connectivity index (χ4n) is 4.01. The van der Waals surface area contributed by atoms with Crippen LogP contribution in [0.25, 0.3) is 5.69 Å². The first-order chi connectivity index (χ1) is 17.8. The van der Waals surface area contributed by atoms with Crippen molar-refractivity contribution in [1.82, 2.24) is 9.99 Å². The van der Waals surface area contributed by atoms with E-state index < -0.39 is 10.8 Å². The van der Waals surface area contributed by atoms with Crippen LogP contribution in [0.2, 0.25) is 5.02 Å². The van der Waals surface area contributed by atoms with Crippen molar-refractivity contribution in [3.05, 3.63) is 122 Å². The van der Waals surface area contributed by atoms with Crippen molar-refractivity contribution in [2.75, 3.05) is 0 Å². The molecule has 0 aliphatic rings. The highest BCUT2D eigenvalue weighted by Gasteiger charge is 2.15. The molecule has 3 aromatic carbocycles. The van der Waals surface area contributed by atoms with Crippen LogP contribution in [0.15, 0.2) is 84.0 Å². The van der Waals surface area contributed by atoms with E-state index in [0.717, 1.165) is 34.0 Å². The van der Waals surface area contributed by atoms with Gasteiger partial charge in [-0.1, -0.05) is 48.0 Å². The van der Waals surface area contributed by atoms with Gasteiger partial charge in [-0.25, -0.2) is 5.43 Å². The van der Waals surface area contributed by atoms with Crippen LogP contribution in [0.4, 0.5) is 5.69 Å². The minimum Gasteiger partial charge on any atom is -0.489 e. The number of hydrazone groups is 1. The van der Waals surface area contributed by atoms with Gasteiger partial charge in [0, 0.05) is 44.9 Å². The topological polar surface area (TPSA) is 98.8 Å². The first kappa shape index (κ1) is 25.7. The Morgan fingerprint density at radius 3 is 2.43 bits per heavy atom. The second kappa shape index (κ2) is 11.5. The van der Waals surface area contributed by atoms with Crippen molar-refractivity contribution in [3.63, 3.8) is 0 Å². The van der Waals surface area contributed by atoms with Crippen LogP contribution in [0.1, 0.15) is 28.1 Å². The summed E-state index contributed by atoms with van der Waals surface area (Å²) in [4.78, 5) is 22.9. The molecular weight excluding hydrogens is 492 g/mol. The van der Waals surface area contributed by atoms with E-state index in [-0.39, 0.29) is 12.1 Å². The molecule has 0 saturated heterocycles. The Kier molecular flexibility index (Phi) is 8.00. The standard InChI is InChI=1S/C28H25ClN4O4/c1-19-15-23(17-30-31-28(34)16-21-7-4-6-10-27(21)33(35)36)20(2)32(19)24-11-13-25(14-12-24)37-18-22-8-3-5-9-26(22)29/h3-15,17H,16,18H2,1-2H3,(H,31,34)/b30-17+. The number of aromatic nitrogens is 1. The van der Waals surface area contributed by atoms with Crippen molar-refractivity contribution < 1.29 is 14.5 Å². The van der Waals surface area contributed by atoms with Crippen LogP contribution in [0.3, 0.4) is 0 Å². The van der Waals surface area contributed by atoms with Crippen molar-refractivity contribution in [3.8, 4) is 11.4 Å². The Morgan fingerprint density at radius 2 is 1.73 bits per heavy atom. The van der Waals surface area contributed by atoms with Gasteiger partial charge in [0.25, 0.3) is 5.69 Å². The number of benzene rings is 3. The zero-order chi connectivity index (χ0) is 26.4. The first-order valence-electron chi connectivity index (χ1n) is 11.5. The van der Waals surface area contributed by atoms with Crippen LogP contribution in [0.5, 0.6) is 5.75 Å². The van der Waals surface area contributed by atoms with E-state index in [1.54, 1.807) is 24.4 Å². The molecule has 1 amide bonds. The monoisotopic (exact) mass is 516 g/mol. The van der Waals surface area contributed by atoms with Crippen LogP contribution < -0.4 is 10.2 Å². The number of hydrogen-bond donors (Lipinski definition) is 1. The zero-order valence-corrected chi connectivity index (χ0v) is 21.1. The summed E-state index contributed by atoms with van der Waals surface area (Å²) in [7, 11) is 0. The molecule has 4 rings (SSSR count). The van der Waals surface area contributed by atoms with E-state index in [0.29, 0.717) is 17.2 Å². The molecule has 188 valence electrons. The lowest BCUT2D eigenvalue weighted by Crippen LogP contribution is -2.20. The summed E-state index contributed by atoms with van der Waals surface area (Å²) in [6.07, 6.45) is 1.43. The number of para-hydroxylation sites is 1. The molecule has 0 atom stereocenters. The molecule has 8 nitrogen and oxygen atoms in total. The lowest BCUT2D eigenvalue weighted by molar-refractivity contribution is -0.385. The number of aryl methyl sites for hydroxylation is 1. The Hall–Kier alpha value is -4.43. The summed E-state index contributed by atoms with van der Waals surface area (Å²) in [6.45, 7) is 4.33. The molecule has 1 heterocycles. The molecule has 0 fully saturated rings. The molecule has 0 spiro atoms. The van der Waals surface area contributed by atoms with Gasteiger partial charge in [-0.15, -0.1) is 0 Å². The summed E-state index contributed by atoms with van der Waals surface area (Å²) >= 11 is 6.20. The smallest absolute Gasteiger partial charge is 0.273 e. The molecule has 0 bridgehead atoms. The zero-order valence-electron chi connectivity index (χ0n) is 20.3. The summed E-state index contributed by atoms with van der Waals surface area (Å²) in [5.41, 5.74) is 7.34. The molecule has 0 aliphatic heterocycles. The number of carbonyl (C=O) groups is 1. The number of ether oxygens (including phenoxy) is 1. The number of hydrogen-bond acceptors (Lipinski definition) is 5. The molecule has 1 N–H and O–H groups in total. The summed E-state index contributed by atoms with van der Waals surface area (Å²) in [5, 5.41) is 15.9. The van der Waals surface area contributed by atoms with Crippen molar-refractivity contribution in [2.45, 2.75) is 26.9 Å². The maximum atomic E-state index is 12.3. The van der Waals surface area contributed by atoms with Gasteiger partial charge >= 0.3 is 0 Å². The summed E-state index contributed by atoms with van der Waals surface area (Å²) < 4.78 is 7.95. The van der Waals surface area contributed by atoms with E-state index >= 15 is 0 Å². The molecule has 0 unspecified atom stereocenters. The van der Waals surface area contributed by atoms with E-state index in [4.69, 9.17) is 16.3 Å². The van der Waals surface area contributed by atoms with E-state index in [9.17, 15) is 14.9 Å². The minimum atomic E-state index is -0.502. The van der Waals surface area contributed by atoms with Gasteiger partial charge in [-0.3, -0.25) is 14.9 Å². The predicted molar refractivity (Wildman–Crippen MR) is 144 cm³/mol. The lowest BCUT2D eigenvalue weighted by atomic mass is 10.1. The Bertz CT molecular complexity index is 1460. The van der Waals surface area contributed by atoms with Crippen LogP contribution >= 0.6 is 11.6 Å². The highest BCUT2D eigenvalue weighted by Crippen LogP contribution is 2.24. The third-order valence-electron chi connectivity index (χ3n) is 5.85. The third-order valence-corrected chi connectivity index (χ3v) is 6.22. The average Bonchev–Trinajstić information content (AvgIpc) is 3.16. The van der Waals surface area contributed by atoms with Gasteiger partial charge in [-0.2, -0.15) is 5.10 Å². The number of carbonyl (C=O) groups excluding carboxylic acids is 1. The third kappa shape index (κ3) is 6.23. The van der Waals surface area contributed by atoms with Crippen molar-refractivity contribution in [1.29, 1.82) is 0 Å². The molecule has 37 heavy (non-hydrogen) atoms.